The number of hydrogen-bond acceptors (Lipinski definition) is 9. The van der Waals surface area contributed by atoms with Gasteiger partial charge in [-0.2, -0.15) is 0 Å². The van der Waals surface area contributed by atoms with E-state index in [9.17, 15) is 14.4 Å². The van der Waals surface area contributed by atoms with Crippen LogP contribution in [0.3, 0.4) is 0 Å². The molecule has 234 valence electrons. The Hall–Kier alpha value is -5.05. The number of allylic oxidation sites excluding steroid dienone is 3. The van der Waals surface area contributed by atoms with Gasteiger partial charge in [-0.05, 0) is 60.2 Å². The summed E-state index contributed by atoms with van der Waals surface area (Å²) in [6.07, 6.45) is 1.34. The molecule has 3 aromatic rings. The van der Waals surface area contributed by atoms with E-state index in [2.05, 4.69) is 5.32 Å². The summed E-state index contributed by atoms with van der Waals surface area (Å²) >= 11 is 0. The minimum atomic E-state index is -0.718. The number of Topliss-reactive ketones (excluding diaryl/α,β-unsaturated/α-hetero) is 1. The van der Waals surface area contributed by atoms with E-state index in [1.54, 1.807) is 32.4 Å². The van der Waals surface area contributed by atoms with Crippen LogP contribution < -0.4 is 24.3 Å². The molecule has 0 unspecified atom stereocenters. The lowest BCUT2D eigenvalue weighted by Crippen LogP contribution is -2.36. The summed E-state index contributed by atoms with van der Waals surface area (Å²) in [5.41, 5.74) is 4.85. The van der Waals surface area contributed by atoms with Gasteiger partial charge in [0.05, 0.1) is 33.5 Å². The average Bonchev–Trinajstić information content (AvgIpc) is 3.04. The number of carbonyl (C=O) groups excluding carboxylic acids is 3. The van der Waals surface area contributed by atoms with Crippen molar-refractivity contribution in [2.24, 2.45) is 0 Å². The van der Waals surface area contributed by atoms with Gasteiger partial charge < -0.3 is 29.0 Å². The maximum atomic E-state index is 14.1. The summed E-state index contributed by atoms with van der Waals surface area (Å²) in [5, 5.41) is 3.39. The number of esters is 2. The molecule has 0 saturated heterocycles. The van der Waals surface area contributed by atoms with Crippen LogP contribution in [0.1, 0.15) is 55.2 Å². The first-order valence-electron chi connectivity index (χ1n) is 14.8. The van der Waals surface area contributed by atoms with Crippen LogP contribution in [0.25, 0.3) is 0 Å². The Balaban J connectivity index is 1.52. The number of benzene rings is 3. The minimum Gasteiger partial charge on any atom is -0.493 e. The van der Waals surface area contributed by atoms with Crippen molar-refractivity contribution in [2.75, 3.05) is 27.9 Å². The van der Waals surface area contributed by atoms with Gasteiger partial charge in [0.2, 0.25) is 0 Å². The zero-order chi connectivity index (χ0) is 32.1. The summed E-state index contributed by atoms with van der Waals surface area (Å²) in [6.45, 7) is 3.31. The van der Waals surface area contributed by atoms with E-state index >= 15 is 0 Å². The number of rotatable bonds is 10. The van der Waals surface area contributed by atoms with Crippen molar-refractivity contribution in [3.8, 4) is 23.0 Å². The lowest BCUT2D eigenvalue weighted by atomic mass is 9.71. The predicted octanol–water partition coefficient (Wildman–Crippen LogP) is 5.79. The first kappa shape index (κ1) is 31.4. The van der Waals surface area contributed by atoms with E-state index < -0.39 is 17.9 Å². The highest BCUT2D eigenvalue weighted by molar-refractivity contribution is 6.04. The summed E-state index contributed by atoms with van der Waals surface area (Å²) in [5.74, 6) is -0.161. The van der Waals surface area contributed by atoms with Crippen LogP contribution in [0.15, 0.2) is 89.3 Å². The second kappa shape index (κ2) is 13.7. The third-order valence-corrected chi connectivity index (χ3v) is 8.17. The molecule has 45 heavy (non-hydrogen) atoms. The highest BCUT2D eigenvalue weighted by Gasteiger charge is 2.42. The fourth-order valence-electron chi connectivity index (χ4n) is 6.07. The van der Waals surface area contributed by atoms with E-state index in [0.717, 1.165) is 16.8 Å². The summed E-state index contributed by atoms with van der Waals surface area (Å²) in [7, 11) is 4.63. The summed E-state index contributed by atoms with van der Waals surface area (Å²) in [6, 6.07) is 20.5. The zero-order valence-electron chi connectivity index (χ0n) is 26.1. The van der Waals surface area contributed by atoms with E-state index in [4.69, 9.17) is 23.7 Å². The second-order valence-corrected chi connectivity index (χ2v) is 11.0. The van der Waals surface area contributed by atoms with Gasteiger partial charge in [-0.15, -0.1) is 0 Å². The molecule has 0 spiro atoms. The number of ketones is 1. The summed E-state index contributed by atoms with van der Waals surface area (Å²) < 4.78 is 27.6. The molecule has 0 fully saturated rings. The topological polar surface area (TPSA) is 109 Å². The molecule has 5 rings (SSSR count). The van der Waals surface area contributed by atoms with Crippen molar-refractivity contribution in [2.45, 2.75) is 44.9 Å². The van der Waals surface area contributed by atoms with Gasteiger partial charge in [0.1, 0.15) is 0 Å². The number of hydrogen-bond donors (Lipinski definition) is 1. The van der Waals surface area contributed by atoms with Crippen molar-refractivity contribution in [1.29, 1.82) is 0 Å². The fraction of sp³-hybridized carbons (Fsp3) is 0.306. The molecule has 1 aliphatic heterocycles. The molecular weight excluding hydrogens is 574 g/mol. The van der Waals surface area contributed by atoms with Crippen LogP contribution >= 0.6 is 0 Å². The van der Waals surface area contributed by atoms with Crippen LogP contribution in [-0.2, 0) is 25.5 Å². The number of dihydropyridines is 1. The quantitative estimate of drug-likeness (QED) is 0.225. The molecule has 9 heteroatoms. The van der Waals surface area contributed by atoms with Crippen molar-refractivity contribution in [3.05, 3.63) is 106 Å². The van der Waals surface area contributed by atoms with Crippen molar-refractivity contribution in [3.63, 3.8) is 0 Å². The molecule has 9 nitrogen and oxygen atoms in total. The van der Waals surface area contributed by atoms with E-state index in [0.29, 0.717) is 52.5 Å². The number of methoxy groups -OCH3 is 3. The van der Waals surface area contributed by atoms with Gasteiger partial charge in [0, 0.05) is 42.7 Å². The minimum absolute atomic E-state index is 0.0846. The Morgan fingerprint density at radius 1 is 0.822 bits per heavy atom. The monoisotopic (exact) mass is 611 g/mol. The van der Waals surface area contributed by atoms with Gasteiger partial charge in [-0.1, -0.05) is 42.5 Å². The molecule has 0 bridgehead atoms. The van der Waals surface area contributed by atoms with E-state index in [-0.39, 0.29) is 30.5 Å². The molecule has 2 aliphatic rings. The lowest BCUT2D eigenvalue weighted by Gasteiger charge is -2.37. The van der Waals surface area contributed by atoms with Gasteiger partial charge in [0.15, 0.2) is 28.8 Å². The van der Waals surface area contributed by atoms with Crippen molar-refractivity contribution < 1.29 is 38.1 Å². The van der Waals surface area contributed by atoms with E-state index in [1.165, 1.54) is 14.0 Å². The van der Waals surface area contributed by atoms with Gasteiger partial charge in [-0.25, -0.2) is 4.79 Å². The zero-order valence-corrected chi connectivity index (χ0v) is 26.1. The van der Waals surface area contributed by atoms with Gasteiger partial charge >= 0.3 is 11.9 Å². The van der Waals surface area contributed by atoms with E-state index in [1.807, 2.05) is 55.5 Å². The van der Waals surface area contributed by atoms with Crippen LogP contribution in [0.2, 0.25) is 0 Å². The fourth-order valence-corrected chi connectivity index (χ4v) is 6.07. The standard InChI is InChI=1S/C36H37NO8/c1-21-33(36(40)44-16-15-23-9-7-6-8-10-23)34(25-12-14-30(45-22(2)38)32(20-25)43-5)35-27(37-21)17-26(18-28(35)39)24-11-13-29(41-3)31(19-24)42-4/h6-14,19-20,26,34,37H,15-18H2,1-5H3/t26-,34-/m1/s1. The number of carbonyl (C=O) groups is 3. The number of nitrogens with one attached hydrogen (secondary N) is 1. The van der Waals surface area contributed by atoms with Gasteiger partial charge in [0.25, 0.3) is 0 Å². The van der Waals surface area contributed by atoms with Crippen LogP contribution in [0.5, 0.6) is 23.0 Å². The largest absolute Gasteiger partial charge is 0.493 e. The normalized spacial score (nSPS) is 17.7. The Kier molecular flexibility index (Phi) is 9.56. The Labute approximate surface area is 262 Å². The molecular formula is C36H37NO8. The first-order chi connectivity index (χ1) is 21.7. The smallest absolute Gasteiger partial charge is 0.336 e. The SMILES string of the molecule is COc1ccc([C@H]2CC(=O)C3=C(C2)NC(C)=C(C(=O)OCCc2ccccc2)[C@H]3c2ccc(OC(C)=O)c(OC)c2)cc1OC. The molecule has 0 aromatic heterocycles. The predicted molar refractivity (Wildman–Crippen MR) is 168 cm³/mol. The number of ether oxygens (including phenoxy) is 5. The highest BCUT2D eigenvalue weighted by Crippen LogP contribution is 2.47. The van der Waals surface area contributed by atoms with Crippen molar-refractivity contribution in [1.82, 2.24) is 5.32 Å². The molecule has 0 saturated carbocycles. The molecule has 1 heterocycles. The van der Waals surface area contributed by atoms with Crippen LogP contribution in [0.4, 0.5) is 0 Å². The highest BCUT2D eigenvalue weighted by atomic mass is 16.6. The molecule has 1 N–H and O–H groups in total. The molecule has 1 aliphatic carbocycles. The Morgan fingerprint density at radius 2 is 1.47 bits per heavy atom. The molecule has 0 amide bonds. The van der Waals surface area contributed by atoms with Crippen molar-refractivity contribution >= 4 is 17.7 Å². The molecule has 2 atom stereocenters. The van der Waals surface area contributed by atoms with Crippen LogP contribution in [0, 0.1) is 0 Å². The maximum Gasteiger partial charge on any atom is 0.336 e. The van der Waals surface area contributed by atoms with Gasteiger partial charge in [-0.3, -0.25) is 9.59 Å². The lowest BCUT2D eigenvalue weighted by molar-refractivity contribution is -0.139. The maximum absolute atomic E-state index is 14.1. The molecule has 0 radical (unpaired) electrons. The first-order valence-corrected chi connectivity index (χ1v) is 14.8. The molecule has 3 aromatic carbocycles. The second-order valence-electron chi connectivity index (χ2n) is 11.0. The summed E-state index contributed by atoms with van der Waals surface area (Å²) in [4.78, 5) is 39.5. The Morgan fingerprint density at radius 3 is 2.16 bits per heavy atom. The average molecular weight is 612 g/mol. The third-order valence-electron chi connectivity index (χ3n) is 8.17. The Bertz CT molecular complexity index is 1670. The third kappa shape index (κ3) is 6.72. The van der Waals surface area contributed by atoms with Crippen LogP contribution in [-0.4, -0.2) is 45.7 Å².